The smallest absolute Gasteiger partial charge is 0.321 e. The van der Waals surface area contributed by atoms with E-state index in [0.29, 0.717) is 11.0 Å². The van der Waals surface area contributed by atoms with Crippen LogP contribution >= 0.6 is 22.9 Å². The maximum absolute atomic E-state index is 12.6. The van der Waals surface area contributed by atoms with E-state index in [2.05, 4.69) is 10.3 Å². The molecule has 3 rings (SSSR count). The van der Waals surface area contributed by atoms with Crippen molar-refractivity contribution >= 4 is 34.9 Å². The Kier molecular flexibility index (Phi) is 3.26. The Labute approximate surface area is 130 Å². The molecule has 3 heterocycles. The fourth-order valence-corrected chi connectivity index (χ4v) is 3.26. The van der Waals surface area contributed by atoms with E-state index in [1.165, 1.54) is 22.4 Å². The van der Waals surface area contributed by atoms with Crippen LogP contribution in [0.25, 0.3) is 0 Å². The molecule has 0 radical (unpaired) electrons. The lowest BCUT2D eigenvalue weighted by atomic mass is 10.0. The fraction of sp³-hybridized carbons (Fsp3) is 0.308. The number of halogens is 1. The van der Waals surface area contributed by atoms with Crippen LogP contribution in [0.3, 0.4) is 0 Å². The Bertz CT molecular complexity index is 712. The number of thiophene rings is 1. The maximum atomic E-state index is 12.6. The zero-order chi connectivity index (χ0) is 15.2. The maximum Gasteiger partial charge on any atom is 0.325 e. The molecule has 0 saturated carbocycles. The lowest BCUT2D eigenvalue weighted by molar-refractivity contribution is -0.131. The molecule has 1 unspecified atom stereocenters. The third-order valence-corrected chi connectivity index (χ3v) is 5.06. The van der Waals surface area contributed by atoms with Crippen LogP contribution in [-0.2, 0) is 23.9 Å². The number of nitrogens with zero attached hydrogens (tertiary/aromatic N) is 3. The van der Waals surface area contributed by atoms with Crippen molar-refractivity contribution in [3.05, 3.63) is 39.6 Å². The highest BCUT2D eigenvalue weighted by atomic mass is 35.5. The standard InChI is InChI=1S/C13H13ClN4O2S/c1-13(8-4-3-5-21-8)11(19)18(12(20)16-13)7-10-15-6-9(14)17(10)2/h3-6H,7H2,1-2H3,(H,16,20). The second-order valence-electron chi connectivity index (χ2n) is 4.98. The number of urea groups is 1. The van der Waals surface area contributed by atoms with E-state index >= 15 is 0 Å². The molecule has 1 saturated heterocycles. The molecule has 3 amide bonds. The molecule has 1 aliphatic rings. The van der Waals surface area contributed by atoms with E-state index in [-0.39, 0.29) is 12.5 Å². The lowest BCUT2D eigenvalue weighted by Crippen LogP contribution is -2.40. The van der Waals surface area contributed by atoms with Crippen LogP contribution in [0.4, 0.5) is 4.79 Å². The summed E-state index contributed by atoms with van der Waals surface area (Å²) in [6.07, 6.45) is 1.49. The topological polar surface area (TPSA) is 67.2 Å². The van der Waals surface area contributed by atoms with Crippen LogP contribution in [-0.4, -0.2) is 26.4 Å². The van der Waals surface area contributed by atoms with Crippen LogP contribution in [0, 0.1) is 0 Å². The molecule has 1 aliphatic heterocycles. The molecule has 0 spiro atoms. The monoisotopic (exact) mass is 324 g/mol. The van der Waals surface area contributed by atoms with Gasteiger partial charge in [0.05, 0.1) is 12.7 Å². The SMILES string of the molecule is Cn1c(Cl)cnc1CN1C(=O)NC(C)(c2cccs2)C1=O. The van der Waals surface area contributed by atoms with Crippen molar-refractivity contribution in [2.24, 2.45) is 7.05 Å². The van der Waals surface area contributed by atoms with Crippen LogP contribution in [0.2, 0.25) is 5.15 Å². The molecule has 1 fully saturated rings. The molecule has 1 atom stereocenters. The fourth-order valence-electron chi connectivity index (χ4n) is 2.28. The highest BCUT2D eigenvalue weighted by Gasteiger charge is 2.49. The Morgan fingerprint density at radius 3 is 2.81 bits per heavy atom. The van der Waals surface area contributed by atoms with Gasteiger partial charge in [0.1, 0.15) is 11.0 Å². The van der Waals surface area contributed by atoms with E-state index in [1.807, 2.05) is 17.5 Å². The number of imidazole rings is 1. The molecule has 8 heteroatoms. The van der Waals surface area contributed by atoms with Gasteiger partial charge < -0.3 is 9.88 Å². The summed E-state index contributed by atoms with van der Waals surface area (Å²) in [4.78, 5) is 30.9. The number of carbonyl (C=O) groups is 2. The molecule has 1 N–H and O–H groups in total. The number of hydrogen-bond acceptors (Lipinski definition) is 4. The average molecular weight is 325 g/mol. The summed E-state index contributed by atoms with van der Waals surface area (Å²) in [5.74, 6) is 0.271. The summed E-state index contributed by atoms with van der Waals surface area (Å²) in [6, 6.07) is 3.27. The second kappa shape index (κ2) is 4.85. The first-order valence-corrected chi connectivity index (χ1v) is 7.53. The van der Waals surface area contributed by atoms with Gasteiger partial charge in [-0.15, -0.1) is 11.3 Å². The van der Waals surface area contributed by atoms with Crippen molar-refractivity contribution in [1.82, 2.24) is 19.8 Å². The number of aromatic nitrogens is 2. The summed E-state index contributed by atoms with van der Waals surface area (Å²) in [7, 11) is 1.74. The molecular formula is C13H13ClN4O2S. The van der Waals surface area contributed by atoms with Gasteiger partial charge in [-0.1, -0.05) is 17.7 Å². The van der Waals surface area contributed by atoms with Gasteiger partial charge in [-0.3, -0.25) is 9.69 Å². The number of nitrogens with one attached hydrogen (secondary N) is 1. The van der Waals surface area contributed by atoms with Gasteiger partial charge >= 0.3 is 6.03 Å². The molecule has 0 aliphatic carbocycles. The number of hydrogen-bond donors (Lipinski definition) is 1. The third-order valence-electron chi connectivity index (χ3n) is 3.62. The Balaban J connectivity index is 1.90. The minimum absolute atomic E-state index is 0.0921. The van der Waals surface area contributed by atoms with Crippen molar-refractivity contribution in [2.75, 3.05) is 0 Å². The number of amides is 3. The summed E-state index contributed by atoms with van der Waals surface area (Å²) in [5.41, 5.74) is -1.01. The van der Waals surface area contributed by atoms with E-state index in [9.17, 15) is 9.59 Å². The van der Waals surface area contributed by atoms with Crippen LogP contribution in [0.5, 0.6) is 0 Å². The van der Waals surface area contributed by atoms with Crippen LogP contribution in [0.1, 0.15) is 17.6 Å². The molecule has 110 valence electrons. The molecule has 0 aromatic carbocycles. The van der Waals surface area contributed by atoms with E-state index in [4.69, 9.17) is 11.6 Å². The Morgan fingerprint density at radius 2 is 2.24 bits per heavy atom. The molecule has 2 aromatic heterocycles. The summed E-state index contributed by atoms with van der Waals surface area (Å²) < 4.78 is 1.64. The largest absolute Gasteiger partial charge is 0.325 e. The quantitative estimate of drug-likeness (QED) is 0.879. The van der Waals surface area contributed by atoms with Gasteiger partial charge in [0.2, 0.25) is 0 Å². The highest BCUT2D eigenvalue weighted by Crippen LogP contribution is 2.32. The van der Waals surface area contributed by atoms with Crippen molar-refractivity contribution < 1.29 is 9.59 Å². The first-order valence-electron chi connectivity index (χ1n) is 6.27. The van der Waals surface area contributed by atoms with Gasteiger partial charge in [-0.2, -0.15) is 0 Å². The summed E-state index contributed by atoms with van der Waals surface area (Å²) >= 11 is 7.36. The van der Waals surface area contributed by atoms with E-state index < -0.39 is 11.6 Å². The van der Waals surface area contributed by atoms with Crippen molar-refractivity contribution in [3.8, 4) is 0 Å². The molecule has 6 nitrogen and oxygen atoms in total. The first-order chi connectivity index (χ1) is 9.93. The predicted molar refractivity (Wildman–Crippen MR) is 79.0 cm³/mol. The average Bonchev–Trinajstić information content (AvgIpc) is 3.12. The van der Waals surface area contributed by atoms with Gasteiger partial charge in [0.15, 0.2) is 5.54 Å². The number of imide groups is 1. The number of carbonyl (C=O) groups excluding carboxylic acids is 2. The summed E-state index contributed by atoms with van der Waals surface area (Å²) in [6.45, 7) is 1.80. The predicted octanol–water partition coefficient (Wildman–Crippen LogP) is 2.10. The van der Waals surface area contributed by atoms with Crippen LogP contribution in [0.15, 0.2) is 23.7 Å². The van der Waals surface area contributed by atoms with Gasteiger partial charge in [0.25, 0.3) is 5.91 Å². The minimum Gasteiger partial charge on any atom is -0.321 e. The molecule has 21 heavy (non-hydrogen) atoms. The second-order valence-corrected chi connectivity index (χ2v) is 6.31. The normalized spacial score (nSPS) is 22.0. The zero-order valence-corrected chi connectivity index (χ0v) is 13.0. The van der Waals surface area contributed by atoms with Crippen LogP contribution < -0.4 is 5.32 Å². The van der Waals surface area contributed by atoms with Gasteiger partial charge in [-0.25, -0.2) is 9.78 Å². The van der Waals surface area contributed by atoms with E-state index in [0.717, 1.165) is 4.88 Å². The molecule has 2 aromatic rings. The Morgan fingerprint density at radius 1 is 1.48 bits per heavy atom. The van der Waals surface area contributed by atoms with Crippen molar-refractivity contribution in [1.29, 1.82) is 0 Å². The summed E-state index contributed by atoms with van der Waals surface area (Å²) in [5, 5.41) is 5.09. The lowest BCUT2D eigenvalue weighted by Gasteiger charge is -2.20. The van der Waals surface area contributed by atoms with Crippen molar-refractivity contribution in [3.63, 3.8) is 0 Å². The Hall–Kier alpha value is -1.86. The van der Waals surface area contributed by atoms with Crippen molar-refractivity contribution in [2.45, 2.75) is 19.0 Å². The minimum atomic E-state index is -1.01. The first kappa shape index (κ1) is 14.1. The zero-order valence-electron chi connectivity index (χ0n) is 11.5. The van der Waals surface area contributed by atoms with Gasteiger partial charge in [0, 0.05) is 11.9 Å². The third kappa shape index (κ3) is 2.13. The molecule has 0 bridgehead atoms. The van der Waals surface area contributed by atoms with E-state index in [1.54, 1.807) is 18.5 Å². The number of rotatable bonds is 3. The highest BCUT2D eigenvalue weighted by molar-refractivity contribution is 7.10. The molecular weight excluding hydrogens is 312 g/mol. The van der Waals surface area contributed by atoms with Gasteiger partial charge in [-0.05, 0) is 18.4 Å².